The third-order valence-electron chi connectivity index (χ3n) is 3.94. The maximum Gasteiger partial charge on any atom is 0.416 e. The molecule has 0 aliphatic rings. The van der Waals surface area contributed by atoms with Gasteiger partial charge in [-0.3, -0.25) is 0 Å². The molecule has 2 aromatic rings. The number of nitrogens with one attached hydrogen (secondary N) is 1. The van der Waals surface area contributed by atoms with E-state index < -0.39 is 44.4 Å². The van der Waals surface area contributed by atoms with E-state index in [-0.39, 0.29) is 18.2 Å². The maximum absolute atomic E-state index is 12.9. The SMILES string of the molecule is CC(CCc1ccccc1)NS(=O)(=O)c1cc(C(F)(F)F)cc(C(F)(F)F)c1. The van der Waals surface area contributed by atoms with Crippen LogP contribution in [0.2, 0.25) is 0 Å². The van der Waals surface area contributed by atoms with Gasteiger partial charge in [0.15, 0.2) is 0 Å². The van der Waals surface area contributed by atoms with Gasteiger partial charge in [0.2, 0.25) is 10.0 Å². The van der Waals surface area contributed by atoms with Crippen molar-refractivity contribution in [3.8, 4) is 0 Å². The summed E-state index contributed by atoms with van der Waals surface area (Å²) in [6.07, 6.45) is -9.44. The highest BCUT2D eigenvalue weighted by Crippen LogP contribution is 2.37. The minimum absolute atomic E-state index is 0.113. The molecule has 0 saturated heterocycles. The lowest BCUT2D eigenvalue weighted by molar-refractivity contribution is -0.143. The summed E-state index contributed by atoms with van der Waals surface area (Å²) in [6, 6.07) is 8.63. The number of sulfonamides is 1. The Balaban J connectivity index is 2.26. The molecule has 0 amide bonds. The first kappa shape index (κ1) is 22.2. The number of benzene rings is 2. The zero-order valence-corrected chi connectivity index (χ0v) is 15.4. The lowest BCUT2D eigenvalue weighted by Gasteiger charge is -2.17. The predicted molar refractivity (Wildman–Crippen MR) is 91.0 cm³/mol. The van der Waals surface area contributed by atoms with Gasteiger partial charge in [-0.25, -0.2) is 13.1 Å². The Labute approximate surface area is 158 Å². The average Bonchev–Trinajstić information content (AvgIpc) is 2.58. The second-order valence-electron chi connectivity index (χ2n) is 6.29. The molecule has 0 fully saturated rings. The predicted octanol–water partition coefficient (Wildman–Crippen LogP) is 5.02. The molecule has 0 aliphatic carbocycles. The van der Waals surface area contributed by atoms with Crippen LogP contribution in [0.15, 0.2) is 53.4 Å². The van der Waals surface area contributed by atoms with Gasteiger partial charge >= 0.3 is 12.4 Å². The maximum atomic E-state index is 12.9. The van der Waals surface area contributed by atoms with E-state index in [1.54, 1.807) is 12.1 Å². The Bertz CT molecular complexity index is 876. The number of aryl methyl sites for hydroxylation is 1. The smallest absolute Gasteiger partial charge is 0.208 e. The van der Waals surface area contributed by atoms with E-state index in [0.29, 0.717) is 12.8 Å². The van der Waals surface area contributed by atoms with Crippen LogP contribution >= 0.6 is 0 Å². The first-order chi connectivity index (χ1) is 12.8. The molecule has 0 saturated carbocycles. The van der Waals surface area contributed by atoms with Crippen LogP contribution in [-0.2, 0) is 28.8 Å². The van der Waals surface area contributed by atoms with E-state index >= 15 is 0 Å². The van der Waals surface area contributed by atoms with Crippen LogP contribution in [0.5, 0.6) is 0 Å². The van der Waals surface area contributed by atoms with Gasteiger partial charge in [0.25, 0.3) is 0 Å². The zero-order chi connectivity index (χ0) is 21.2. The van der Waals surface area contributed by atoms with Crippen molar-refractivity contribution in [1.82, 2.24) is 4.72 Å². The summed E-state index contributed by atoms with van der Waals surface area (Å²) in [5.41, 5.74) is -2.44. The van der Waals surface area contributed by atoms with Gasteiger partial charge < -0.3 is 0 Å². The Morgan fingerprint density at radius 3 is 1.86 bits per heavy atom. The fraction of sp³-hybridized carbons (Fsp3) is 0.333. The van der Waals surface area contributed by atoms with E-state index in [0.717, 1.165) is 5.56 Å². The third-order valence-corrected chi connectivity index (χ3v) is 5.51. The van der Waals surface area contributed by atoms with Gasteiger partial charge in [0.1, 0.15) is 0 Å². The quantitative estimate of drug-likeness (QED) is 0.661. The third kappa shape index (κ3) is 5.96. The molecule has 1 N–H and O–H groups in total. The van der Waals surface area contributed by atoms with Gasteiger partial charge in [-0.15, -0.1) is 0 Å². The molecule has 2 aromatic carbocycles. The van der Waals surface area contributed by atoms with E-state index in [1.807, 2.05) is 18.2 Å². The van der Waals surface area contributed by atoms with E-state index in [9.17, 15) is 34.8 Å². The fourth-order valence-electron chi connectivity index (χ4n) is 2.50. The minimum Gasteiger partial charge on any atom is -0.208 e. The molecular formula is C18H17F6NO2S. The highest BCUT2D eigenvalue weighted by molar-refractivity contribution is 7.89. The molecule has 28 heavy (non-hydrogen) atoms. The van der Waals surface area contributed by atoms with Crippen molar-refractivity contribution in [1.29, 1.82) is 0 Å². The van der Waals surface area contributed by atoms with Crippen molar-refractivity contribution in [2.75, 3.05) is 0 Å². The average molecular weight is 425 g/mol. The summed E-state index contributed by atoms with van der Waals surface area (Å²) < 4.78 is 104. The number of rotatable bonds is 6. The second kappa shape index (κ2) is 8.12. The molecule has 0 radical (unpaired) electrons. The van der Waals surface area contributed by atoms with Crippen LogP contribution in [-0.4, -0.2) is 14.5 Å². The van der Waals surface area contributed by atoms with Gasteiger partial charge in [-0.1, -0.05) is 30.3 Å². The van der Waals surface area contributed by atoms with E-state index in [4.69, 9.17) is 0 Å². The van der Waals surface area contributed by atoms with Crippen LogP contribution in [0, 0.1) is 0 Å². The number of halogens is 6. The minimum atomic E-state index is -5.12. The molecule has 1 atom stereocenters. The van der Waals surface area contributed by atoms with Crippen LogP contribution in [0.1, 0.15) is 30.0 Å². The molecule has 0 bridgehead atoms. The van der Waals surface area contributed by atoms with Crippen LogP contribution in [0.25, 0.3) is 0 Å². The summed E-state index contributed by atoms with van der Waals surface area (Å²) in [5, 5.41) is 0. The molecular weight excluding hydrogens is 408 g/mol. The molecule has 3 nitrogen and oxygen atoms in total. The normalized spacial score (nSPS) is 14.1. The topological polar surface area (TPSA) is 46.2 Å². The highest BCUT2D eigenvalue weighted by Gasteiger charge is 2.38. The van der Waals surface area contributed by atoms with Crippen LogP contribution in [0.4, 0.5) is 26.3 Å². The summed E-state index contributed by atoms with van der Waals surface area (Å²) in [4.78, 5) is -1.08. The van der Waals surface area contributed by atoms with Crippen LogP contribution < -0.4 is 4.72 Å². The number of hydrogen-bond donors (Lipinski definition) is 1. The van der Waals surface area contributed by atoms with Gasteiger partial charge in [0.05, 0.1) is 16.0 Å². The Hall–Kier alpha value is -2.07. The molecule has 0 aliphatic heterocycles. The van der Waals surface area contributed by atoms with Gasteiger partial charge in [0, 0.05) is 6.04 Å². The largest absolute Gasteiger partial charge is 0.416 e. The lowest BCUT2D eigenvalue weighted by Crippen LogP contribution is -2.33. The van der Waals surface area contributed by atoms with Gasteiger partial charge in [-0.2, -0.15) is 26.3 Å². The molecule has 1 unspecified atom stereocenters. The first-order valence-electron chi connectivity index (χ1n) is 8.15. The summed E-state index contributed by atoms with van der Waals surface area (Å²) in [5.74, 6) is 0. The molecule has 0 aromatic heterocycles. The van der Waals surface area contributed by atoms with Gasteiger partial charge in [-0.05, 0) is 43.5 Å². The standard InChI is InChI=1S/C18H17F6NO2S/c1-12(7-8-13-5-3-2-4-6-13)25-28(26,27)16-10-14(17(19,20)21)9-15(11-16)18(22,23)24/h2-6,9-12,25H,7-8H2,1H3. The molecule has 0 heterocycles. The first-order valence-corrected chi connectivity index (χ1v) is 9.63. The molecule has 0 spiro atoms. The summed E-state index contributed by atoms with van der Waals surface area (Å²) in [6.45, 7) is 1.48. The molecule has 2 rings (SSSR count). The Morgan fingerprint density at radius 2 is 1.39 bits per heavy atom. The van der Waals surface area contributed by atoms with E-state index in [1.165, 1.54) is 6.92 Å². The number of alkyl halides is 6. The van der Waals surface area contributed by atoms with Crippen molar-refractivity contribution in [2.24, 2.45) is 0 Å². The summed E-state index contributed by atoms with van der Waals surface area (Å²) in [7, 11) is -4.58. The van der Waals surface area contributed by atoms with Crippen LogP contribution in [0.3, 0.4) is 0 Å². The molecule has 154 valence electrons. The monoisotopic (exact) mass is 425 g/mol. The highest BCUT2D eigenvalue weighted by atomic mass is 32.2. The summed E-state index contributed by atoms with van der Waals surface area (Å²) >= 11 is 0. The second-order valence-corrected chi connectivity index (χ2v) is 8.00. The fourth-order valence-corrected chi connectivity index (χ4v) is 3.85. The van der Waals surface area contributed by atoms with Crippen molar-refractivity contribution in [3.05, 3.63) is 65.2 Å². The van der Waals surface area contributed by atoms with Crippen molar-refractivity contribution in [3.63, 3.8) is 0 Å². The lowest BCUT2D eigenvalue weighted by atomic mass is 10.1. The van der Waals surface area contributed by atoms with Crippen molar-refractivity contribution >= 4 is 10.0 Å². The Kier molecular flexibility index (Phi) is 6.44. The van der Waals surface area contributed by atoms with Crippen molar-refractivity contribution < 1.29 is 34.8 Å². The van der Waals surface area contributed by atoms with Crippen molar-refractivity contribution in [2.45, 2.75) is 43.1 Å². The number of hydrogen-bond acceptors (Lipinski definition) is 2. The Morgan fingerprint density at radius 1 is 0.893 bits per heavy atom. The van der Waals surface area contributed by atoms with E-state index in [2.05, 4.69) is 4.72 Å². The zero-order valence-electron chi connectivity index (χ0n) is 14.6. The molecule has 10 heteroatoms.